The zero-order valence-corrected chi connectivity index (χ0v) is 17.0. The van der Waals surface area contributed by atoms with Crippen LogP contribution < -0.4 is 10.6 Å². The number of nitrogens with one attached hydrogen (secondary N) is 2. The van der Waals surface area contributed by atoms with E-state index in [1.807, 2.05) is 32.0 Å². The molecule has 0 saturated carbocycles. The molecule has 1 aromatic carbocycles. The highest BCUT2D eigenvalue weighted by molar-refractivity contribution is 14.0. The lowest BCUT2D eigenvalue weighted by Gasteiger charge is -2.13. The Balaban J connectivity index is 0.00000288. The first-order valence-electron chi connectivity index (χ1n) is 8.28. The lowest BCUT2D eigenvalue weighted by atomic mass is 10.3. The Labute approximate surface area is 161 Å². The SMILES string of the molecule is CCNC(=NCCOCC)NCCn1c(C)nc2ccccc21.I. The minimum atomic E-state index is 0. The second-order valence-electron chi connectivity index (χ2n) is 5.18. The number of ether oxygens (including phenoxy) is 1. The van der Waals surface area contributed by atoms with Crippen LogP contribution in [0.2, 0.25) is 0 Å². The number of nitrogens with zero attached hydrogens (tertiary/aromatic N) is 3. The van der Waals surface area contributed by atoms with E-state index in [1.165, 1.54) is 5.52 Å². The number of para-hydroxylation sites is 2. The molecule has 0 aliphatic heterocycles. The Morgan fingerprint density at radius 2 is 2.04 bits per heavy atom. The molecular formula is C17H28IN5O. The van der Waals surface area contributed by atoms with E-state index in [1.54, 1.807) is 0 Å². The normalized spacial score (nSPS) is 11.4. The van der Waals surface area contributed by atoms with Gasteiger partial charge in [0.25, 0.3) is 0 Å². The van der Waals surface area contributed by atoms with Crippen LogP contribution in [0, 0.1) is 6.92 Å². The van der Waals surface area contributed by atoms with E-state index in [0.717, 1.165) is 43.5 Å². The maximum atomic E-state index is 5.31. The number of guanidine groups is 1. The molecule has 0 spiro atoms. The fourth-order valence-electron chi connectivity index (χ4n) is 2.47. The van der Waals surface area contributed by atoms with Gasteiger partial charge in [0.15, 0.2) is 5.96 Å². The first-order chi connectivity index (χ1) is 11.3. The summed E-state index contributed by atoms with van der Waals surface area (Å²) >= 11 is 0. The lowest BCUT2D eigenvalue weighted by molar-refractivity contribution is 0.155. The summed E-state index contributed by atoms with van der Waals surface area (Å²) in [6, 6.07) is 8.22. The smallest absolute Gasteiger partial charge is 0.191 e. The predicted octanol–water partition coefficient (Wildman–Crippen LogP) is 2.55. The molecule has 0 radical (unpaired) electrons. The van der Waals surface area contributed by atoms with Gasteiger partial charge in [-0.25, -0.2) is 4.98 Å². The Morgan fingerprint density at radius 3 is 2.79 bits per heavy atom. The summed E-state index contributed by atoms with van der Waals surface area (Å²) in [5.74, 6) is 1.86. The van der Waals surface area contributed by atoms with Gasteiger partial charge in [-0.2, -0.15) is 0 Å². The molecule has 2 rings (SSSR count). The third-order valence-corrected chi connectivity index (χ3v) is 3.53. The topological polar surface area (TPSA) is 63.5 Å². The molecule has 0 unspecified atom stereocenters. The van der Waals surface area contributed by atoms with Crippen LogP contribution in [-0.4, -0.2) is 48.4 Å². The van der Waals surface area contributed by atoms with Crippen LogP contribution in [-0.2, 0) is 11.3 Å². The zero-order valence-electron chi connectivity index (χ0n) is 14.7. The number of imidazole rings is 1. The summed E-state index contributed by atoms with van der Waals surface area (Å²) in [6.45, 7) is 10.6. The molecule has 0 amide bonds. The third kappa shape index (κ3) is 5.94. The van der Waals surface area contributed by atoms with E-state index in [0.29, 0.717) is 13.2 Å². The minimum absolute atomic E-state index is 0. The fraction of sp³-hybridized carbons (Fsp3) is 0.529. The van der Waals surface area contributed by atoms with Crippen LogP contribution in [0.4, 0.5) is 0 Å². The number of aryl methyl sites for hydroxylation is 1. The van der Waals surface area contributed by atoms with E-state index >= 15 is 0 Å². The number of hydrogen-bond donors (Lipinski definition) is 2. The van der Waals surface area contributed by atoms with Crippen LogP contribution in [0.1, 0.15) is 19.7 Å². The Hall–Kier alpha value is -1.35. The van der Waals surface area contributed by atoms with Crippen molar-refractivity contribution in [2.75, 3.05) is 32.8 Å². The summed E-state index contributed by atoms with van der Waals surface area (Å²) in [6.07, 6.45) is 0. The van der Waals surface area contributed by atoms with E-state index in [4.69, 9.17) is 4.74 Å². The van der Waals surface area contributed by atoms with Gasteiger partial charge < -0.3 is 19.9 Å². The van der Waals surface area contributed by atoms with Gasteiger partial charge in [0.1, 0.15) is 5.82 Å². The van der Waals surface area contributed by atoms with Crippen molar-refractivity contribution in [2.45, 2.75) is 27.3 Å². The number of rotatable bonds is 8. The summed E-state index contributed by atoms with van der Waals surface area (Å²) in [5.41, 5.74) is 2.22. The standard InChI is InChI=1S/C17H27N5O.HI/c1-4-18-17(20-11-13-23-5-2)19-10-12-22-14(3)21-15-8-6-7-9-16(15)22;/h6-9H,4-5,10-13H2,1-3H3,(H2,18,19,20);1H. The first-order valence-corrected chi connectivity index (χ1v) is 8.28. The highest BCUT2D eigenvalue weighted by atomic mass is 127. The monoisotopic (exact) mass is 445 g/mol. The van der Waals surface area contributed by atoms with Crippen LogP contribution in [0.5, 0.6) is 0 Å². The van der Waals surface area contributed by atoms with Crippen molar-refractivity contribution < 1.29 is 4.74 Å². The molecule has 134 valence electrons. The molecular weight excluding hydrogens is 417 g/mol. The molecule has 2 N–H and O–H groups in total. The highest BCUT2D eigenvalue weighted by Crippen LogP contribution is 2.14. The number of aliphatic imine (C=N–C) groups is 1. The first kappa shape index (κ1) is 20.7. The highest BCUT2D eigenvalue weighted by Gasteiger charge is 2.06. The van der Waals surface area contributed by atoms with Crippen molar-refractivity contribution in [3.05, 3.63) is 30.1 Å². The van der Waals surface area contributed by atoms with E-state index in [9.17, 15) is 0 Å². The molecule has 0 bridgehead atoms. The largest absolute Gasteiger partial charge is 0.380 e. The van der Waals surface area contributed by atoms with Gasteiger partial charge >= 0.3 is 0 Å². The second-order valence-corrected chi connectivity index (χ2v) is 5.18. The minimum Gasteiger partial charge on any atom is -0.380 e. The summed E-state index contributed by atoms with van der Waals surface area (Å²) < 4.78 is 7.54. The number of aromatic nitrogens is 2. The lowest BCUT2D eigenvalue weighted by Crippen LogP contribution is -2.39. The van der Waals surface area contributed by atoms with Gasteiger partial charge in [0.2, 0.25) is 0 Å². The quantitative estimate of drug-likeness (QED) is 0.284. The van der Waals surface area contributed by atoms with Gasteiger partial charge in [-0.1, -0.05) is 12.1 Å². The fourth-order valence-corrected chi connectivity index (χ4v) is 2.47. The van der Waals surface area contributed by atoms with Crippen molar-refractivity contribution in [2.24, 2.45) is 4.99 Å². The van der Waals surface area contributed by atoms with Crippen molar-refractivity contribution >= 4 is 41.0 Å². The van der Waals surface area contributed by atoms with Crippen molar-refractivity contribution in [3.63, 3.8) is 0 Å². The molecule has 0 atom stereocenters. The number of benzene rings is 1. The molecule has 0 aliphatic rings. The Morgan fingerprint density at radius 1 is 1.25 bits per heavy atom. The molecule has 7 heteroatoms. The van der Waals surface area contributed by atoms with E-state index in [-0.39, 0.29) is 24.0 Å². The second kappa shape index (κ2) is 11.2. The van der Waals surface area contributed by atoms with Gasteiger partial charge in [0, 0.05) is 26.2 Å². The molecule has 0 saturated heterocycles. The van der Waals surface area contributed by atoms with Crippen LogP contribution in [0.25, 0.3) is 11.0 Å². The van der Waals surface area contributed by atoms with Crippen molar-refractivity contribution in [1.29, 1.82) is 0 Å². The van der Waals surface area contributed by atoms with E-state index in [2.05, 4.69) is 38.2 Å². The molecule has 0 fully saturated rings. The van der Waals surface area contributed by atoms with E-state index < -0.39 is 0 Å². The van der Waals surface area contributed by atoms with Gasteiger partial charge in [-0.15, -0.1) is 24.0 Å². The predicted molar refractivity (Wildman–Crippen MR) is 110 cm³/mol. The van der Waals surface area contributed by atoms with Crippen molar-refractivity contribution in [3.8, 4) is 0 Å². The van der Waals surface area contributed by atoms with Gasteiger partial charge in [-0.3, -0.25) is 4.99 Å². The van der Waals surface area contributed by atoms with Gasteiger partial charge in [0.05, 0.1) is 24.2 Å². The summed E-state index contributed by atoms with van der Waals surface area (Å²) in [7, 11) is 0. The molecule has 2 aromatic rings. The Kier molecular flexibility index (Phi) is 9.70. The number of hydrogen-bond acceptors (Lipinski definition) is 3. The van der Waals surface area contributed by atoms with Crippen LogP contribution >= 0.6 is 24.0 Å². The van der Waals surface area contributed by atoms with Gasteiger partial charge in [-0.05, 0) is 32.9 Å². The summed E-state index contributed by atoms with van der Waals surface area (Å²) in [4.78, 5) is 9.09. The average Bonchev–Trinajstić information content (AvgIpc) is 2.87. The molecule has 1 heterocycles. The Bertz CT molecular complexity index is 641. The molecule has 24 heavy (non-hydrogen) atoms. The molecule has 0 aliphatic carbocycles. The van der Waals surface area contributed by atoms with Crippen LogP contribution in [0.15, 0.2) is 29.3 Å². The number of fused-ring (bicyclic) bond motifs is 1. The third-order valence-electron chi connectivity index (χ3n) is 3.53. The zero-order chi connectivity index (χ0) is 16.5. The average molecular weight is 445 g/mol. The van der Waals surface area contributed by atoms with Crippen molar-refractivity contribution in [1.82, 2.24) is 20.2 Å². The maximum absolute atomic E-state index is 5.31. The number of halogens is 1. The molecule has 6 nitrogen and oxygen atoms in total. The van der Waals surface area contributed by atoms with Crippen LogP contribution in [0.3, 0.4) is 0 Å². The molecule has 1 aromatic heterocycles. The summed E-state index contributed by atoms with van der Waals surface area (Å²) in [5, 5.41) is 6.61. The maximum Gasteiger partial charge on any atom is 0.191 e.